The molecule has 0 aliphatic carbocycles. The molecule has 6 aromatic rings. The van der Waals surface area contributed by atoms with E-state index in [0.717, 1.165) is 38.8 Å². The first-order valence-electron chi connectivity index (χ1n) is 10.6. The summed E-state index contributed by atoms with van der Waals surface area (Å²) >= 11 is 0. The first-order valence-corrected chi connectivity index (χ1v) is 10.6. The van der Waals surface area contributed by atoms with Gasteiger partial charge in [-0.2, -0.15) is 0 Å². The molecule has 0 saturated carbocycles. The Morgan fingerprint density at radius 2 is 1.21 bits per heavy atom. The standard InChI is InChI=1S/3C9H8N2/c1-7-4-5-8-3-2-6-10-9(8)11-7;1-7-4-6-11-9-8(7)3-2-5-10-9;1-7-5-8-3-2-4-10-9(8)11-6-7/h3*2-6H,1H3. The van der Waals surface area contributed by atoms with Crippen LogP contribution in [0, 0.1) is 20.8 Å². The lowest BCUT2D eigenvalue weighted by Crippen LogP contribution is -1.84. The van der Waals surface area contributed by atoms with Gasteiger partial charge in [0.05, 0.1) is 0 Å². The van der Waals surface area contributed by atoms with Crippen LogP contribution in [0.15, 0.2) is 91.6 Å². The molecule has 0 radical (unpaired) electrons. The molecule has 6 rings (SSSR count). The molecule has 6 heterocycles. The zero-order valence-corrected chi connectivity index (χ0v) is 18.8. The molecule has 0 bridgehead atoms. The maximum Gasteiger partial charge on any atom is 0.159 e. The average Bonchev–Trinajstić information content (AvgIpc) is 2.85. The minimum Gasteiger partial charge on any atom is -0.237 e. The van der Waals surface area contributed by atoms with E-state index >= 15 is 0 Å². The van der Waals surface area contributed by atoms with Crippen molar-refractivity contribution in [3.63, 3.8) is 0 Å². The van der Waals surface area contributed by atoms with Crippen molar-refractivity contribution in [3.8, 4) is 0 Å². The Morgan fingerprint density at radius 1 is 0.545 bits per heavy atom. The van der Waals surface area contributed by atoms with Gasteiger partial charge < -0.3 is 0 Å². The molecular weight excluding hydrogens is 408 g/mol. The van der Waals surface area contributed by atoms with E-state index in [4.69, 9.17) is 0 Å². The SMILES string of the molecule is Cc1ccc2cccnc2n1.Cc1ccnc2ncccc12.Cc1cnc2ncccc2c1. The Kier molecular flexibility index (Phi) is 6.85. The number of aromatic nitrogens is 6. The Morgan fingerprint density at radius 3 is 2.00 bits per heavy atom. The summed E-state index contributed by atoms with van der Waals surface area (Å²) in [5.41, 5.74) is 5.88. The van der Waals surface area contributed by atoms with Gasteiger partial charge in [-0.3, -0.25) is 0 Å². The average molecular weight is 433 g/mol. The predicted molar refractivity (Wildman–Crippen MR) is 133 cm³/mol. The van der Waals surface area contributed by atoms with Gasteiger partial charge in [-0.1, -0.05) is 0 Å². The van der Waals surface area contributed by atoms with E-state index in [9.17, 15) is 0 Å². The van der Waals surface area contributed by atoms with Crippen molar-refractivity contribution in [1.29, 1.82) is 0 Å². The topological polar surface area (TPSA) is 77.3 Å². The highest BCUT2D eigenvalue weighted by molar-refractivity contribution is 5.77. The van der Waals surface area contributed by atoms with Crippen molar-refractivity contribution in [2.24, 2.45) is 0 Å². The van der Waals surface area contributed by atoms with Crippen LogP contribution in [0.25, 0.3) is 33.1 Å². The largest absolute Gasteiger partial charge is 0.237 e. The number of hydrogen-bond acceptors (Lipinski definition) is 6. The number of aryl methyl sites for hydroxylation is 3. The Hall–Kier alpha value is -4.32. The summed E-state index contributed by atoms with van der Waals surface area (Å²) in [6, 6.07) is 19.9. The second-order valence-corrected chi connectivity index (χ2v) is 7.57. The summed E-state index contributed by atoms with van der Waals surface area (Å²) in [6.07, 6.45) is 8.88. The maximum absolute atomic E-state index is 4.26. The third-order valence-corrected chi connectivity index (χ3v) is 4.93. The molecular formula is C27H24N6. The molecule has 0 N–H and O–H groups in total. The smallest absolute Gasteiger partial charge is 0.159 e. The summed E-state index contributed by atoms with van der Waals surface area (Å²) < 4.78 is 0. The fourth-order valence-corrected chi connectivity index (χ4v) is 3.24. The van der Waals surface area contributed by atoms with E-state index < -0.39 is 0 Å². The van der Waals surface area contributed by atoms with Gasteiger partial charge in [-0.25, -0.2) is 29.9 Å². The van der Waals surface area contributed by atoms with Crippen LogP contribution in [0.4, 0.5) is 0 Å². The molecule has 6 aromatic heterocycles. The Labute approximate surface area is 192 Å². The van der Waals surface area contributed by atoms with Gasteiger partial charge in [-0.15, -0.1) is 0 Å². The van der Waals surface area contributed by atoms with E-state index in [1.807, 2.05) is 74.6 Å². The summed E-state index contributed by atoms with van der Waals surface area (Å²) in [4.78, 5) is 24.9. The van der Waals surface area contributed by atoms with Gasteiger partial charge in [0.1, 0.15) is 0 Å². The molecule has 33 heavy (non-hydrogen) atoms. The molecule has 0 spiro atoms. The van der Waals surface area contributed by atoms with Crippen LogP contribution in [-0.2, 0) is 0 Å². The first kappa shape index (κ1) is 21.9. The molecule has 0 saturated heterocycles. The van der Waals surface area contributed by atoms with Crippen molar-refractivity contribution in [2.45, 2.75) is 20.8 Å². The van der Waals surface area contributed by atoms with Gasteiger partial charge in [0.2, 0.25) is 0 Å². The highest BCUT2D eigenvalue weighted by Crippen LogP contribution is 2.12. The van der Waals surface area contributed by atoms with Crippen molar-refractivity contribution in [1.82, 2.24) is 29.9 Å². The van der Waals surface area contributed by atoms with E-state index in [1.54, 1.807) is 24.8 Å². The van der Waals surface area contributed by atoms with Gasteiger partial charge >= 0.3 is 0 Å². The van der Waals surface area contributed by atoms with Crippen LogP contribution < -0.4 is 0 Å². The zero-order chi connectivity index (χ0) is 23.0. The molecule has 6 nitrogen and oxygen atoms in total. The van der Waals surface area contributed by atoms with Crippen LogP contribution >= 0.6 is 0 Å². The van der Waals surface area contributed by atoms with E-state index in [2.05, 4.69) is 42.9 Å². The molecule has 0 amide bonds. The number of nitrogens with zero attached hydrogens (tertiary/aromatic N) is 6. The van der Waals surface area contributed by atoms with Crippen molar-refractivity contribution in [2.75, 3.05) is 0 Å². The van der Waals surface area contributed by atoms with Crippen LogP contribution in [-0.4, -0.2) is 29.9 Å². The molecule has 162 valence electrons. The monoisotopic (exact) mass is 432 g/mol. The lowest BCUT2D eigenvalue weighted by atomic mass is 10.2. The molecule has 6 heteroatoms. The number of rotatable bonds is 0. The van der Waals surface area contributed by atoms with E-state index in [1.165, 1.54) is 11.1 Å². The third kappa shape index (κ3) is 5.68. The predicted octanol–water partition coefficient (Wildman–Crippen LogP) is 5.81. The lowest BCUT2D eigenvalue weighted by molar-refractivity contribution is 1.20. The van der Waals surface area contributed by atoms with Crippen molar-refractivity contribution in [3.05, 3.63) is 108 Å². The van der Waals surface area contributed by atoms with E-state index in [0.29, 0.717) is 0 Å². The highest BCUT2D eigenvalue weighted by atomic mass is 14.8. The summed E-state index contributed by atoms with van der Waals surface area (Å²) in [6.45, 7) is 6.05. The van der Waals surface area contributed by atoms with Crippen LogP contribution in [0.3, 0.4) is 0 Å². The Bertz CT molecular complexity index is 1420. The quantitative estimate of drug-likeness (QED) is 0.301. The summed E-state index contributed by atoms with van der Waals surface area (Å²) in [5, 5.41) is 3.33. The number of fused-ring (bicyclic) bond motifs is 3. The van der Waals surface area contributed by atoms with Gasteiger partial charge in [-0.05, 0) is 92.6 Å². The lowest BCUT2D eigenvalue weighted by Gasteiger charge is -1.96. The maximum atomic E-state index is 4.26. The van der Waals surface area contributed by atoms with Gasteiger partial charge in [0.15, 0.2) is 16.9 Å². The number of pyridine rings is 6. The fourth-order valence-electron chi connectivity index (χ4n) is 3.24. The second-order valence-electron chi connectivity index (χ2n) is 7.57. The van der Waals surface area contributed by atoms with Crippen molar-refractivity contribution >= 4 is 33.1 Å². The first-order chi connectivity index (χ1) is 16.1. The fraction of sp³-hybridized carbons (Fsp3) is 0.111. The normalized spacial score (nSPS) is 10.3. The van der Waals surface area contributed by atoms with Crippen LogP contribution in [0.2, 0.25) is 0 Å². The molecule has 0 aromatic carbocycles. The molecule has 0 fully saturated rings. The van der Waals surface area contributed by atoms with Crippen LogP contribution in [0.5, 0.6) is 0 Å². The zero-order valence-electron chi connectivity index (χ0n) is 18.8. The molecule has 0 aliphatic rings. The minimum absolute atomic E-state index is 0.818. The second kappa shape index (κ2) is 10.3. The van der Waals surface area contributed by atoms with Gasteiger partial charge in [0.25, 0.3) is 0 Å². The van der Waals surface area contributed by atoms with E-state index in [-0.39, 0.29) is 0 Å². The van der Waals surface area contributed by atoms with Crippen LogP contribution in [0.1, 0.15) is 16.8 Å². The molecule has 0 aliphatic heterocycles. The Balaban J connectivity index is 0.000000118. The highest BCUT2D eigenvalue weighted by Gasteiger charge is 1.95. The molecule has 0 atom stereocenters. The van der Waals surface area contributed by atoms with Crippen molar-refractivity contribution < 1.29 is 0 Å². The molecule has 0 unspecified atom stereocenters. The van der Waals surface area contributed by atoms with Gasteiger partial charge in [0, 0.05) is 52.8 Å². The third-order valence-electron chi connectivity index (χ3n) is 4.93. The minimum atomic E-state index is 0.818. The number of hydrogen-bond donors (Lipinski definition) is 0. The summed E-state index contributed by atoms with van der Waals surface area (Å²) in [7, 11) is 0. The summed E-state index contributed by atoms with van der Waals surface area (Å²) in [5.74, 6) is 0.